The molecule has 0 fully saturated rings. The predicted molar refractivity (Wildman–Crippen MR) is 151 cm³/mol. The number of hydrogen-bond donors (Lipinski definition) is 1. The molecule has 0 heterocycles. The van der Waals surface area contributed by atoms with Crippen LogP contribution < -0.4 is 9.62 Å². The van der Waals surface area contributed by atoms with E-state index < -0.39 is 16.1 Å². The maximum absolute atomic E-state index is 13.5. The molecule has 1 N–H and O–H groups in total. The number of aryl methyl sites for hydroxylation is 1. The van der Waals surface area contributed by atoms with Crippen molar-refractivity contribution in [1.29, 1.82) is 0 Å². The predicted octanol–water partition coefficient (Wildman–Crippen LogP) is 4.56. The highest BCUT2D eigenvalue weighted by atomic mass is 32.2. The quantitative estimate of drug-likeness (QED) is 0.366. The Morgan fingerprint density at radius 1 is 0.892 bits per heavy atom. The lowest BCUT2D eigenvalue weighted by Gasteiger charge is -2.32. The lowest BCUT2D eigenvalue weighted by Crippen LogP contribution is -2.51. The molecule has 0 aromatic heterocycles. The number of nitrogens with zero attached hydrogens (tertiary/aromatic N) is 2. The Labute approximate surface area is 223 Å². The van der Waals surface area contributed by atoms with Crippen LogP contribution in [-0.2, 0) is 32.5 Å². The molecule has 2 aromatic rings. The molecule has 7 nitrogen and oxygen atoms in total. The van der Waals surface area contributed by atoms with Crippen molar-refractivity contribution in [2.75, 3.05) is 23.7 Å². The van der Waals surface area contributed by atoms with E-state index in [0.29, 0.717) is 31.5 Å². The second-order valence-electron chi connectivity index (χ2n) is 9.52. The zero-order valence-corrected chi connectivity index (χ0v) is 23.8. The highest BCUT2D eigenvalue weighted by Gasteiger charge is 2.29. The Bertz CT molecular complexity index is 1090. The number of amides is 2. The lowest BCUT2D eigenvalue weighted by molar-refractivity contribution is -0.141. The van der Waals surface area contributed by atoms with E-state index in [0.717, 1.165) is 24.0 Å². The van der Waals surface area contributed by atoms with E-state index in [1.165, 1.54) is 10.6 Å². The number of carbonyl (C=O) groups excluding carboxylic acids is 2. The number of rotatable bonds is 15. The topological polar surface area (TPSA) is 86.8 Å². The smallest absolute Gasteiger partial charge is 0.243 e. The van der Waals surface area contributed by atoms with Gasteiger partial charge in [0.1, 0.15) is 6.04 Å². The van der Waals surface area contributed by atoms with Crippen LogP contribution in [0.4, 0.5) is 5.69 Å². The van der Waals surface area contributed by atoms with Gasteiger partial charge in [0.2, 0.25) is 21.8 Å². The van der Waals surface area contributed by atoms with Crippen molar-refractivity contribution in [2.24, 2.45) is 0 Å². The number of sulfonamides is 1. The number of hydrogen-bond acceptors (Lipinski definition) is 4. The van der Waals surface area contributed by atoms with E-state index in [9.17, 15) is 18.0 Å². The first-order valence-corrected chi connectivity index (χ1v) is 15.2. The van der Waals surface area contributed by atoms with Gasteiger partial charge in [0, 0.05) is 25.6 Å². The van der Waals surface area contributed by atoms with Crippen LogP contribution in [0.1, 0.15) is 64.5 Å². The molecule has 2 unspecified atom stereocenters. The van der Waals surface area contributed by atoms with Crippen LogP contribution in [0.3, 0.4) is 0 Å². The number of benzene rings is 2. The molecule has 2 rings (SSSR count). The van der Waals surface area contributed by atoms with Gasteiger partial charge in [-0.05, 0) is 62.3 Å². The van der Waals surface area contributed by atoms with Crippen molar-refractivity contribution in [2.45, 2.75) is 78.3 Å². The largest absolute Gasteiger partial charge is 0.352 e. The molecule has 0 aliphatic heterocycles. The summed E-state index contributed by atoms with van der Waals surface area (Å²) in [5.41, 5.74) is 2.81. The molecule has 2 amide bonds. The highest BCUT2D eigenvalue weighted by molar-refractivity contribution is 7.92. The number of anilines is 1. The van der Waals surface area contributed by atoms with Crippen LogP contribution in [0.15, 0.2) is 54.6 Å². The van der Waals surface area contributed by atoms with Gasteiger partial charge < -0.3 is 10.2 Å². The molecule has 0 spiro atoms. The summed E-state index contributed by atoms with van der Waals surface area (Å²) in [5, 5.41) is 3.02. The molecule has 0 aliphatic rings. The molecule has 8 heteroatoms. The van der Waals surface area contributed by atoms with Gasteiger partial charge in [0.05, 0.1) is 11.9 Å². The Kier molecular flexibility index (Phi) is 12.1. The van der Waals surface area contributed by atoms with E-state index in [4.69, 9.17) is 0 Å². The monoisotopic (exact) mass is 529 g/mol. The second-order valence-corrected chi connectivity index (χ2v) is 11.4. The zero-order valence-electron chi connectivity index (χ0n) is 22.9. The molecular weight excluding hydrogens is 486 g/mol. The molecule has 204 valence electrons. The molecule has 2 aromatic carbocycles. The fourth-order valence-electron chi connectivity index (χ4n) is 4.24. The SMILES string of the molecule is CCc1ccc(N(CCCC(=O)N(CCc2ccccc2)C(CC)C(=O)NC(C)CC)S(C)(=O)=O)cc1. The second kappa shape index (κ2) is 14.8. The van der Waals surface area contributed by atoms with E-state index in [-0.39, 0.29) is 30.8 Å². The Morgan fingerprint density at radius 3 is 2.08 bits per heavy atom. The third-order valence-electron chi connectivity index (χ3n) is 6.66. The van der Waals surface area contributed by atoms with E-state index >= 15 is 0 Å². The van der Waals surface area contributed by atoms with Gasteiger partial charge in [-0.2, -0.15) is 0 Å². The fourth-order valence-corrected chi connectivity index (χ4v) is 5.20. The number of carbonyl (C=O) groups is 2. The first-order valence-electron chi connectivity index (χ1n) is 13.3. The molecule has 0 saturated heterocycles. The van der Waals surface area contributed by atoms with Crippen molar-refractivity contribution in [1.82, 2.24) is 10.2 Å². The zero-order chi connectivity index (χ0) is 27.4. The van der Waals surface area contributed by atoms with Gasteiger partial charge in [-0.15, -0.1) is 0 Å². The summed E-state index contributed by atoms with van der Waals surface area (Å²) in [6, 6.07) is 16.8. The maximum atomic E-state index is 13.5. The van der Waals surface area contributed by atoms with Crippen molar-refractivity contribution in [3.63, 3.8) is 0 Å². The van der Waals surface area contributed by atoms with Gasteiger partial charge in [-0.1, -0.05) is 63.2 Å². The molecule has 0 bridgehead atoms. The van der Waals surface area contributed by atoms with Crippen LogP contribution in [0.25, 0.3) is 0 Å². The summed E-state index contributed by atoms with van der Waals surface area (Å²) in [4.78, 5) is 28.2. The molecule has 0 radical (unpaired) electrons. The molecule has 0 saturated carbocycles. The summed E-state index contributed by atoms with van der Waals surface area (Å²) < 4.78 is 26.4. The Balaban J connectivity index is 2.16. The Hall–Kier alpha value is -2.87. The summed E-state index contributed by atoms with van der Waals surface area (Å²) in [6.07, 6.45) is 4.51. The third-order valence-corrected chi connectivity index (χ3v) is 7.85. The average Bonchev–Trinajstić information content (AvgIpc) is 2.88. The fraction of sp³-hybridized carbons (Fsp3) is 0.517. The minimum atomic E-state index is -3.51. The van der Waals surface area contributed by atoms with E-state index in [1.807, 2.05) is 70.2 Å². The normalized spacial score (nSPS) is 13.0. The van der Waals surface area contributed by atoms with Crippen LogP contribution in [-0.4, -0.2) is 56.6 Å². The van der Waals surface area contributed by atoms with Crippen molar-refractivity contribution >= 4 is 27.5 Å². The summed E-state index contributed by atoms with van der Waals surface area (Å²) in [7, 11) is -3.51. The lowest BCUT2D eigenvalue weighted by atomic mass is 10.1. The van der Waals surface area contributed by atoms with E-state index in [1.54, 1.807) is 17.0 Å². The maximum Gasteiger partial charge on any atom is 0.243 e. The van der Waals surface area contributed by atoms with Crippen molar-refractivity contribution in [3.05, 3.63) is 65.7 Å². The van der Waals surface area contributed by atoms with Gasteiger partial charge in [0.15, 0.2) is 0 Å². The van der Waals surface area contributed by atoms with Crippen molar-refractivity contribution in [3.8, 4) is 0 Å². The third kappa shape index (κ3) is 9.50. The minimum Gasteiger partial charge on any atom is -0.352 e. The summed E-state index contributed by atoms with van der Waals surface area (Å²) in [5.74, 6) is -0.288. The van der Waals surface area contributed by atoms with Crippen LogP contribution in [0.5, 0.6) is 0 Å². The molecular formula is C29H43N3O4S. The first kappa shape index (κ1) is 30.4. The average molecular weight is 530 g/mol. The van der Waals surface area contributed by atoms with Gasteiger partial charge in [-0.3, -0.25) is 13.9 Å². The summed E-state index contributed by atoms with van der Waals surface area (Å²) >= 11 is 0. The van der Waals surface area contributed by atoms with Gasteiger partial charge >= 0.3 is 0 Å². The van der Waals surface area contributed by atoms with Crippen molar-refractivity contribution < 1.29 is 18.0 Å². The van der Waals surface area contributed by atoms with E-state index in [2.05, 4.69) is 5.32 Å². The number of nitrogens with one attached hydrogen (secondary N) is 1. The van der Waals surface area contributed by atoms with Gasteiger partial charge in [-0.25, -0.2) is 8.42 Å². The highest BCUT2D eigenvalue weighted by Crippen LogP contribution is 2.20. The van der Waals surface area contributed by atoms with Crippen LogP contribution in [0.2, 0.25) is 0 Å². The summed E-state index contributed by atoms with van der Waals surface area (Å²) in [6.45, 7) is 8.53. The Morgan fingerprint density at radius 2 is 1.54 bits per heavy atom. The molecule has 37 heavy (non-hydrogen) atoms. The molecule has 2 atom stereocenters. The van der Waals surface area contributed by atoms with Crippen LogP contribution in [0, 0.1) is 0 Å². The van der Waals surface area contributed by atoms with Crippen LogP contribution >= 0.6 is 0 Å². The van der Waals surface area contributed by atoms with Gasteiger partial charge in [0.25, 0.3) is 0 Å². The minimum absolute atomic E-state index is 0.0232. The molecule has 0 aliphatic carbocycles. The standard InChI is InChI=1S/C29H43N3O4S/c1-6-23(4)30-29(34)27(8-3)31(22-20-25-13-10-9-11-14-25)28(33)15-12-21-32(37(5,35)36)26-18-16-24(7-2)17-19-26/h9-11,13-14,16-19,23,27H,6-8,12,15,20-22H2,1-5H3,(H,30,34). The first-order chi connectivity index (χ1) is 17.6.